The van der Waals surface area contributed by atoms with Gasteiger partial charge in [0.15, 0.2) is 0 Å². The summed E-state index contributed by atoms with van der Waals surface area (Å²) < 4.78 is 0.915. The van der Waals surface area contributed by atoms with E-state index in [9.17, 15) is 4.79 Å². The lowest BCUT2D eigenvalue weighted by Gasteiger charge is -2.07. The standard InChI is InChI=1S/C12H10BrNO2S/c13-11-6-5-10(17-11)12(16)14-9-4-2-1-3-8(9)7-15/h1-6,15H,7H2,(H,14,16). The molecule has 0 saturated carbocycles. The molecule has 0 spiro atoms. The van der Waals surface area contributed by atoms with Crippen LogP contribution in [0.3, 0.4) is 0 Å². The van der Waals surface area contributed by atoms with E-state index in [-0.39, 0.29) is 12.5 Å². The van der Waals surface area contributed by atoms with Crippen molar-refractivity contribution in [2.75, 3.05) is 5.32 Å². The van der Waals surface area contributed by atoms with Crippen LogP contribution in [0, 0.1) is 0 Å². The molecule has 0 aliphatic heterocycles. The number of carbonyl (C=O) groups is 1. The fourth-order valence-corrected chi connectivity index (χ4v) is 2.68. The largest absolute Gasteiger partial charge is 0.392 e. The van der Waals surface area contributed by atoms with Crippen LogP contribution in [-0.2, 0) is 6.61 Å². The summed E-state index contributed by atoms with van der Waals surface area (Å²) in [6, 6.07) is 10.8. The Hall–Kier alpha value is -1.17. The van der Waals surface area contributed by atoms with Crippen molar-refractivity contribution in [3.05, 3.63) is 50.6 Å². The highest BCUT2D eigenvalue weighted by molar-refractivity contribution is 9.11. The SMILES string of the molecule is O=C(Nc1ccccc1CO)c1ccc(Br)s1. The molecule has 0 unspecified atom stereocenters. The summed E-state index contributed by atoms with van der Waals surface area (Å²) >= 11 is 4.68. The number of thiophene rings is 1. The van der Waals surface area contributed by atoms with Gasteiger partial charge in [0.2, 0.25) is 0 Å². The molecular weight excluding hydrogens is 302 g/mol. The summed E-state index contributed by atoms with van der Waals surface area (Å²) in [5.41, 5.74) is 1.35. The predicted molar refractivity (Wildman–Crippen MR) is 72.3 cm³/mol. The molecule has 0 fully saturated rings. The van der Waals surface area contributed by atoms with Gasteiger partial charge in [-0.3, -0.25) is 4.79 Å². The van der Waals surface area contributed by atoms with Crippen molar-refractivity contribution in [3.8, 4) is 0 Å². The summed E-state index contributed by atoms with van der Waals surface area (Å²) in [5, 5.41) is 11.9. The highest BCUT2D eigenvalue weighted by atomic mass is 79.9. The minimum absolute atomic E-state index is 0.0927. The van der Waals surface area contributed by atoms with Crippen LogP contribution in [0.15, 0.2) is 40.2 Å². The van der Waals surface area contributed by atoms with Gasteiger partial charge in [0.05, 0.1) is 15.3 Å². The van der Waals surface area contributed by atoms with Gasteiger partial charge in [0.1, 0.15) is 0 Å². The Labute approximate surface area is 111 Å². The molecule has 2 rings (SSSR count). The molecule has 17 heavy (non-hydrogen) atoms. The number of para-hydroxylation sites is 1. The van der Waals surface area contributed by atoms with Gasteiger partial charge in [-0.25, -0.2) is 0 Å². The maximum atomic E-state index is 11.9. The van der Waals surface area contributed by atoms with Gasteiger partial charge in [-0.05, 0) is 34.1 Å². The Morgan fingerprint density at radius 1 is 1.29 bits per heavy atom. The lowest BCUT2D eigenvalue weighted by atomic mass is 10.2. The Kier molecular flexibility index (Phi) is 3.93. The van der Waals surface area contributed by atoms with Crippen LogP contribution < -0.4 is 5.32 Å². The van der Waals surface area contributed by atoms with Crippen molar-refractivity contribution >= 4 is 38.9 Å². The van der Waals surface area contributed by atoms with Crippen molar-refractivity contribution in [1.29, 1.82) is 0 Å². The zero-order chi connectivity index (χ0) is 12.3. The quantitative estimate of drug-likeness (QED) is 0.914. The topological polar surface area (TPSA) is 49.3 Å². The van der Waals surface area contributed by atoms with Gasteiger partial charge < -0.3 is 10.4 Å². The number of aliphatic hydroxyl groups is 1. The normalized spacial score (nSPS) is 10.2. The number of amides is 1. The average molecular weight is 312 g/mol. The molecule has 0 atom stereocenters. The minimum Gasteiger partial charge on any atom is -0.392 e. The predicted octanol–water partition coefficient (Wildman–Crippen LogP) is 3.26. The number of halogens is 1. The number of anilines is 1. The van der Waals surface area contributed by atoms with E-state index in [2.05, 4.69) is 21.2 Å². The third-order valence-corrected chi connectivity index (χ3v) is 3.86. The van der Waals surface area contributed by atoms with Crippen LogP contribution in [0.4, 0.5) is 5.69 Å². The van der Waals surface area contributed by atoms with Crippen LogP contribution in [0.2, 0.25) is 0 Å². The van der Waals surface area contributed by atoms with E-state index in [0.29, 0.717) is 16.1 Å². The molecule has 3 nitrogen and oxygen atoms in total. The van der Waals surface area contributed by atoms with Crippen molar-refractivity contribution in [3.63, 3.8) is 0 Å². The van der Waals surface area contributed by atoms with Crippen molar-refractivity contribution < 1.29 is 9.90 Å². The fraction of sp³-hybridized carbons (Fsp3) is 0.0833. The molecule has 1 amide bonds. The maximum absolute atomic E-state index is 11.9. The molecule has 0 aliphatic rings. The number of aliphatic hydroxyl groups excluding tert-OH is 1. The minimum atomic E-state index is -0.165. The fourth-order valence-electron chi connectivity index (χ4n) is 1.40. The first-order chi connectivity index (χ1) is 8.20. The molecule has 1 heterocycles. The highest BCUT2D eigenvalue weighted by Gasteiger charge is 2.10. The van der Waals surface area contributed by atoms with E-state index in [1.54, 1.807) is 18.2 Å². The van der Waals surface area contributed by atoms with Crippen molar-refractivity contribution in [2.24, 2.45) is 0 Å². The molecule has 0 bridgehead atoms. The first-order valence-electron chi connectivity index (χ1n) is 4.96. The zero-order valence-electron chi connectivity index (χ0n) is 8.81. The van der Waals surface area contributed by atoms with Crippen molar-refractivity contribution in [1.82, 2.24) is 0 Å². The number of nitrogens with one attached hydrogen (secondary N) is 1. The molecule has 2 N–H and O–H groups in total. The summed E-state index contributed by atoms with van der Waals surface area (Å²) in [6.07, 6.45) is 0. The number of hydrogen-bond acceptors (Lipinski definition) is 3. The Bertz CT molecular complexity index is 539. The number of hydrogen-bond donors (Lipinski definition) is 2. The first-order valence-corrected chi connectivity index (χ1v) is 6.57. The molecule has 1 aromatic carbocycles. The molecule has 5 heteroatoms. The highest BCUT2D eigenvalue weighted by Crippen LogP contribution is 2.23. The molecular formula is C12H10BrNO2S. The van der Waals surface area contributed by atoms with Crippen molar-refractivity contribution in [2.45, 2.75) is 6.61 Å². The third-order valence-electron chi connectivity index (χ3n) is 2.23. The van der Waals surface area contributed by atoms with Crippen LogP contribution in [-0.4, -0.2) is 11.0 Å². The lowest BCUT2D eigenvalue weighted by Crippen LogP contribution is -2.11. The lowest BCUT2D eigenvalue weighted by molar-refractivity contribution is 0.103. The third kappa shape index (κ3) is 2.94. The van der Waals surface area contributed by atoms with E-state index in [0.717, 1.165) is 3.79 Å². The molecule has 1 aromatic heterocycles. The molecule has 0 saturated heterocycles. The first kappa shape index (κ1) is 12.3. The van der Waals surface area contributed by atoms with Crippen LogP contribution in [0.25, 0.3) is 0 Å². The van der Waals surface area contributed by atoms with Gasteiger partial charge in [-0.15, -0.1) is 11.3 Å². The summed E-state index contributed by atoms with van der Waals surface area (Å²) in [5.74, 6) is -0.165. The summed E-state index contributed by atoms with van der Waals surface area (Å²) in [4.78, 5) is 12.5. The molecule has 2 aromatic rings. The van der Waals surface area contributed by atoms with Crippen LogP contribution >= 0.6 is 27.3 Å². The second-order valence-corrected chi connectivity index (χ2v) is 5.84. The number of benzene rings is 1. The summed E-state index contributed by atoms with van der Waals surface area (Å²) in [7, 11) is 0. The molecule has 0 radical (unpaired) electrons. The van der Waals surface area contributed by atoms with E-state index >= 15 is 0 Å². The smallest absolute Gasteiger partial charge is 0.265 e. The van der Waals surface area contributed by atoms with E-state index < -0.39 is 0 Å². The number of carbonyl (C=O) groups excluding carboxylic acids is 1. The molecule has 88 valence electrons. The second-order valence-electron chi connectivity index (χ2n) is 3.37. The monoisotopic (exact) mass is 311 g/mol. The molecule has 0 aliphatic carbocycles. The maximum Gasteiger partial charge on any atom is 0.265 e. The van der Waals surface area contributed by atoms with E-state index in [1.807, 2.05) is 18.2 Å². The Balaban J connectivity index is 2.18. The Morgan fingerprint density at radius 2 is 2.06 bits per heavy atom. The van der Waals surface area contributed by atoms with Crippen LogP contribution in [0.5, 0.6) is 0 Å². The van der Waals surface area contributed by atoms with E-state index in [4.69, 9.17) is 5.11 Å². The van der Waals surface area contributed by atoms with Gasteiger partial charge in [0, 0.05) is 11.3 Å². The van der Waals surface area contributed by atoms with E-state index in [1.165, 1.54) is 11.3 Å². The van der Waals surface area contributed by atoms with Crippen LogP contribution in [0.1, 0.15) is 15.2 Å². The zero-order valence-corrected chi connectivity index (χ0v) is 11.2. The average Bonchev–Trinajstić information content (AvgIpc) is 2.77. The Morgan fingerprint density at radius 3 is 2.71 bits per heavy atom. The summed E-state index contributed by atoms with van der Waals surface area (Å²) in [6.45, 7) is -0.0927. The van der Waals surface area contributed by atoms with Gasteiger partial charge in [-0.1, -0.05) is 18.2 Å². The second kappa shape index (κ2) is 5.44. The number of rotatable bonds is 3. The van der Waals surface area contributed by atoms with Gasteiger partial charge >= 0.3 is 0 Å². The van der Waals surface area contributed by atoms with Gasteiger partial charge in [-0.2, -0.15) is 0 Å². The van der Waals surface area contributed by atoms with Gasteiger partial charge in [0.25, 0.3) is 5.91 Å².